The first kappa shape index (κ1) is 18.2. The highest BCUT2D eigenvalue weighted by molar-refractivity contribution is 6.42. The summed E-state index contributed by atoms with van der Waals surface area (Å²) in [4.78, 5) is 0. The summed E-state index contributed by atoms with van der Waals surface area (Å²) in [6, 6.07) is 12.6. The maximum Gasteiger partial charge on any atom is 0.146 e. The fourth-order valence-corrected chi connectivity index (χ4v) is 3.82. The third-order valence-corrected chi connectivity index (χ3v) is 5.61. The summed E-state index contributed by atoms with van der Waals surface area (Å²) in [5.74, 6) is 0.0483. The molecule has 1 atom stereocenters. The number of hydrogen-bond acceptors (Lipinski definition) is 4. The SMILES string of the molecule is Nc1ccc(-c2ccc3c(c2F)CNCCC3c2ccc(Cl)c(Cl)c2)nn1. The van der Waals surface area contributed by atoms with E-state index in [4.69, 9.17) is 28.9 Å². The molecule has 3 aromatic rings. The number of rotatable bonds is 2. The maximum absolute atomic E-state index is 15.4. The molecule has 0 bridgehead atoms. The van der Waals surface area contributed by atoms with Gasteiger partial charge in [-0.25, -0.2) is 4.39 Å². The van der Waals surface area contributed by atoms with E-state index in [2.05, 4.69) is 15.5 Å². The number of nitrogens with zero attached hydrogens (tertiary/aromatic N) is 2. The van der Waals surface area contributed by atoms with Crippen LogP contribution in [-0.2, 0) is 6.54 Å². The van der Waals surface area contributed by atoms with Gasteiger partial charge in [0.1, 0.15) is 11.6 Å². The number of benzene rings is 2. The quantitative estimate of drug-likeness (QED) is 0.646. The van der Waals surface area contributed by atoms with E-state index < -0.39 is 0 Å². The molecule has 3 N–H and O–H groups in total. The van der Waals surface area contributed by atoms with Gasteiger partial charge in [-0.3, -0.25) is 0 Å². The van der Waals surface area contributed by atoms with Crippen LogP contribution in [0.4, 0.5) is 10.2 Å². The molecule has 7 heteroatoms. The van der Waals surface area contributed by atoms with E-state index in [9.17, 15) is 0 Å². The van der Waals surface area contributed by atoms with Crippen LogP contribution in [0, 0.1) is 5.82 Å². The van der Waals surface area contributed by atoms with Gasteiger partial charge in [-0.05, 0) is 54.4 Å². The van der Waals surface area contributed by atoms with Crippen molar-refractivity contribution in [2.75, 3.05) is 12.3 Å². The Bertz CT molecular complexity index is 992. The van der Waals surface area contributed by atoms with Crippen LogP contribution < -0.4 is 11.1 Å². The molecule has 0 spiro atoms. The first-order chi connectivity index (χ1) is 13.0. The van der Waals surface area contributed by atoms with E-state index in [1.807, 2.05) is 18.2 Å². The average molecular weight is 403 g/mol. The fraction of sp³-hybridized carbons (Fsp3) is 0.200. The molecule has 0 aliphatic carbocycles. The number of nitrogens with two attached hydrogens (primary N) is 1. The molecule has 0 saturated heterocycles. The highest BCUT2D eigenvalue weighted by atomic mass is 35.5. The van der Waals surface area contributed by atoms with E-state index in [1.54, 1.807) is 24.3 Å². The minimum atomic E-state index is -0.286. The summed E-state index contributed by atoms with van der Waals surface area (Å²) in [7, 11) is 0. The Balaban J connectivity index is 1.81. The Morgan fingerprint density at radius 1 is 1.04 bits per heavy atom. The third-order valence-electron chi connectivity index (χ3n) is 4.87. The predicted octanol–water partition coefficient (Wildman–Crippen LogP) is 4.80. The van der Waals surface area contributed by atoms with Crippen LogP contribution in [0.25, 0.3) is 11.3 Å². The molecule has 1 aromatic heterocycles. The molecular formula is C20H17Cl2FN4. The molecular weight excluding hydrogens is 386 g/mol. The third kappa shape index (κ3) is 3.50. The Morgan fingerprint density at radius 2 is 1.89 bits per heavy atom. The standard InChI is InChI=1S/C20H17Cl2FN4/c21-16-4-1-11(9-17(16)22)12-7-8-25-10-15-13(12)2-3-14(20(15)23)18-5-6-19(24)27-26-18/h1-6,9,12,25H,7-8,10H2,(H2,24,27). The summed E-state index contributed by atoms with van der Waals surface area (Å²) in [6.07, 6.45) is 0.839. The van der Waals surface area contributed by atoms with Gasteiger partial charge in [-0.2, -0.15) is 0 Å². The van der Waals surface area contributed by atoms with Gasteiger partial charge in [-0.1, -0.05) is 35.3 Å². The highest BCUT2D eigenvalue weighted by Gasteiger charge is 2.25. The second kappa shape index (κ2) is 7.43. The molecule has 4 nitrogen and oxygen atoms in total. The average Bonchev–Trinajstić information content (AvgIpc) is 2.88. The van der Waals surface area contributed by atoms with Gasteiger partial charge >= 0.3 is 0 Å². The van der Waals surface area contributed by atoms with Crippen molar-refractivity contribution < 1.29 is 4.39 Å². The molecule has 1 aliphatic heterocycles. The number of fused-ring (bicyclic) bond motifs is 1. The van der Waals surface area contributed by atoms with Crippen molar-refractivity contribution in [3.63, 3.8) is 0 Å². The normalized spacial score (nSPS) is 16.6. The van der Waals surface area contributed by atoms with Crippen molar-refractivity contribution in [3.05, 3.63) is 75.0 Å². The molecule has 27 heavy (non-hydrogen) atoms. The van der Waals surface area contributed by atoms with Crippen LogP contribution >= 0.6 is 23.2 Å². The number of nitrogen functional groups attached to an aromatic ring is 1. The minimum absolute atomic E-state index is 0.0332. The van der Waals surface area contributed by atoms with Gasteiger partial charge < -0.3 is 11.1 Å². The lowest BCUT2D eigenvalue weighted by molar-refractivity contribution is 0.596. The van der Waals surface area contributed by atoms with Crippen molar-refractivity contribution in [3.8, 4) is 11.3 Å². The van der Waals surface area contributed by atoms with Crippen molar-refractivity contribution in [2.45, 2.75) is 18.9 Å². The molecule has 1 unspecified atom stereocenters. The Kier molecular flexibility index (Phi) is 5.00. The number of hydrogen-bond donors (Lipinski definition) is 2. The second-order valence-corrected chi connectivity index (χ2v) is 7.34. The summed E-state index contributed by atoms with van der Waals surface area (Å²) >= 11 is 12.3. The topological polar surface area (TPSA) is 63.8 Å². The summed E-state index contributed by atoms with van der Waals surface area (Å²) in [6.45, 7) is 1.23. The minimum Gasteiger partial charge on any atom is -0.382 e. The summed E-state index contributed by atoms with van der Waals surface area (Å²) in [5.41, 5.74) is 9.06. The molecule has 2 aromatic carbocycles. The van der Waals surface area contributed by atoms with E-state index in [-0.39, 0.29) is 11.7 Å². The molecule has 1 aliphatic rings. The van der Waals surface area contributed by atoms with Gasteiger partial charge in [0.25, 0.3) is 0 Å². The fourth-order valence-electron chi connectivity index (χ4n) is 3.52. The van der Waals surface area contributed by atoms with Crippen LogP contribution in [0.1, 0.15) is 29.0 Å². The lowest BCUT2D eigenvalue weighted by atomic mass is 9.85. The van der Waals surface area contributed by atoms with Crippen molar-refractivity contribution in [1.29, 1.82) is 0 Å². The molecule has 0 saturated carbocycles. The summed E-state index contributed by atoms with van der Waals surface area (Å²) < 4.78 is 15.4. The second-order valence-electron chi connectivity index (χ2n) is 6.53. The van der Waals surface area contributed by atoms with Crippen molar-refractivity contribution in [1.82, 2.24) is 15.5 Å². The maximum atomic E-state index is 15.4. The van der Waals surface area contributed by atoms with Gasteiger partial charge in [0, 0.05) is 23.6 Å². The van der Waals surface area contributed by atoms with Crippen molar-refractivity contribution in [2.24, 2.45) is 0 Å². The lowest BCUT2D eigenvalue weighted by Crippen LogP contribution is -2.13. The molecule has 0 amide bonds. The van der Waals surface area contributed by atoms with E-state index in [1.165, 1.54) is 0 Å². The van der Waals surface area contributed by atoms with Gasteiger partial charge in [0.15, 0.2) is 0 Å². The van der Waals surface area contributed by atoms with Gasteiger partial charge in [0.05, 0.1) is 15.7 Å². The number of anilines is 1. The van der Waals surface area contributed by atoms with Crippen LogP contribution in [-0.4, -0.2) is 16.7 Å². The lowest BCUT2D eigenvalue weighted by Gasteiger charge is -2.20. The molecule has 2 heterocycles. The Labute approximate surface area is 166 Å². The van der Waals surface area contributed by atoms with Gasteiger partial charge in [-0.15, -0.1) is 10.2 Å². The molecule has 4 rings (SSSR count). The Morgan fingerprint density at radius 3 is 2.63 bits per heavy atom. The first-order valence-electron chi connectivity index (χ1n) is 8.61. The first-order valence-corrected chi connectivity index (χ1v) is 9.36. The largest absolute Gasteiger partial charge is 0.382 e. The van der Waals surface area contributed by atoms with E-state index >= 15 is 4.39 Å². The Hall–Kier alpha value is -2.21. The van der Waals surface area contributed by atoms with Crippen LogP contribution in [0.3, 0.4) is 0 Å². The zero-order chi connectivity index (χ0) is 19.0. The predicted molar refractivity (Wildman–Crippen MR) is 106 cm³/mol. The van der Waals surface area contributed by atoms with E-state index in [0.717, 1.165) is 24.1 Å². The molecule has 138 valence electrons. The van der Waals surface area contributed by atoms with Crippen LogP contribution in [0.5, 0.6) is 0 Å². The number of aromatic nitrogens is 2. The highest BCUT2D eigenvalue weighted by Crippen LogP contribution is 2.38. The summed E-state index contributed by atoms with van der Waals surface area (Å²) in [5, 5.41) is 12.2. The monoisotopic (exact) mass is 402 g/mol. The molecule has 0 fully saturated rings. The zero-order valence-corrected chi connectivity index (χ0v) is 15.9. The van der Waals surface area contributed by atoms with Gasteiger partial charge in [0.2, 0.25) is 0 Å². The van der Waals surface area contributed by atoms with Crippen LogP contribution in [0.15, 0.2) is 42.5 Å². The van der Waals surface area contributed by atoms with Crippen LogP contribution in [0.2, 0.25) is 10.0 Å². The number of nitrogens with one attached hydrogen (secondary N) is 1. The smallest absolute Gasteiger partial charge is 0.146 e. The number of halogens is 3. The van der Waals surface area contributed by atoms with Crippen molar-refractivity contribution >= 4 is 29.0 Å². The molecule has 0 radical (unpaired) electrons. The van der Waals surface area contributed by atoms with E-state index in [0.29, 0.717) is 39.2 Å². The zero-order valence-electron chi connectivity index (χ0n) is 14.3.